The number of methoxy groups -OCH3 is 1. The molecule has 0 atom stereocenters. The molecule has 1 saturated heterocycles. The SMILES string of the molecule is COc1ccccc1C(=O)N1CCC(c2cc3n(n2)CCCNC3=O)CC1. The minimum Gasteiger partial charge on any atom is -0.496 e. The Hall–Kier alpha value is -2.83. The molecule has 1 aromatic carbocycles. The lowest BCUT2D eigenvalue weighted by Gasteiger charge is -2.31. The molecule has 0 spiro atoms. The first-order valence-corrected chi connectivity index (χ1v) is 9.45. The lowest BCUT2D eigenvalue weighted by molar-refractivity contribution is 0.0708. The van der Waals surface area contributed by atoms with E-state index in [1.165, 1.54) is 0 Å². The summed E-state index contributed by atoms with van der Waals surface area (Å²) in [5.41, 5.74) is 2.21. The molecule has 0 unspecified atom stereocenters. The van der Waals surface area contributed by atoms with Crippen LogP contribution in [-0.4, -0.2) is 53.2 Å². The number of hydrogen-bond donors (Lipinski definition) is 1. The molecule has 1 fully saturated rings. The number of benzene rings is 1. The molecule has 1 N–H and O–H groups in total. The zero-order valence-electron chi connectivity index (χ0n) is 15.5. The maximum absolute atomic E-state index is 12.8. The molecule has 142 valence electrons. The number of rotatable bonds is 3. The summed E-state index contributed by atoms with van der Waals surface area (Å²) in [6.07, 6.45) is 2.59. The summed E-state index contributed by atoms with van der Waals surface area (Å²) in [6, 6.07) is 9.25. The van der Waals surface area contributed by atoms with E-state index in [2.05, 4.69) is 10.4 Å². The molecule has 0 aliphatic carbocycles. The molecule has 2 aliphatic heterocycles. The molecule has 1 aromatic heterocycles. The maximum Gasteiger partial charge on any atom is 0.269 e. The van der Waals surface area contributed by atoms with Crippen molar-refractivity contribution in [3.63, 3.8) is 0 Å². The zero-order valence-corrected chi connectivity index (χ0v) is 15.5. The number of nitrogens with one attached hydrogen (secondary N) is 1. The Kier molecular flexibility index (Phi) is 4.83. The third kappa shape index (κ3) is 3.41. The molecular weight excluding hydrogens is 344 g/mol. The normalized spacial score (nSPS) is 17.8. The van der Waals surface area contributed by atoms with Gasteiger partial charge >= 0.3 is 0 Å². The second kappa shape index (κ2) is 7.42. The van der Waals surface area contributed by atoms with E-state index in [1.54, 1.807) is 13.2 Å². The Bertz CT molecular complexity index is 853. The van der Waals surface area contributed by atoms with Gasteiger partial charge in [0.05, 0.1) is 18.4 Å². The first-order chi connectivity index (χ1) is 13.2. The average molecular weight is 368 g/mol. The van der Waals surface area contributed by atoms with Gasteiger partial charge in [-0.25, -0.2) is 0 Å². The number of nitrogens with zero attached hydrogens (tertiary/aromatic N) is 3. The summed E-state index contributed by atoms with van der Waals surface area (Å²) in [7, 11) is 1.58. The van der Waals surface area contributed by atoms with Gasteiger partial charge in [0.15, 0.2) is 0 Å². The summed E-state index contributed by atoms with van der Waals surface area (Å²) in [5.74, 6) is 0.841. The van der Waals surface area contributed by atoms with E-state index in [0.717, 1.165) is 31.5 Å². The molecule has 7 heteroatoms. The van der Waals surface area contributed by atoms with Crippen molar-refractivity contribution in [2.75, 3.05) is 26.7 Å². The van der Waals surface area contributed by atoms with Gasteiger partial charge in [0.25, 0.3) is 11.8 Å². The average Bonchev–Trinajstić information content (AvgIpc) is 3.07. The van der Waals surface area contributed by atoms with Crippen molar-refractivity contribution >= 4 is 11.8 Å². The van der Waals surface area contributed by atoms with E-state index < -0.39 is 0 Å². The van der Waals surface area contributed by atoms with E-state index in [1.807, 2.05) is 33.8 Å². The van der Waals surface area contributed by atoms with Crippen LogP contribution in [0.4, 0.5) is 0 Å². The van der Waals surface area contributed by atoms with Crippen LogP contribution in [0.15, 0.2) is 30.3 Å². The number of aryl methyl sites for hydroxylation is 1. The Balaban J connectivity index is 1.44. The first-order valence-electron chi connectivity index (χ1n) is 9.45. The molecule has 2 aromatic rings. The Morgan fingerprint density at radius 2 is 2.00 bits per heavy atom. The van der Waals surface area contributed by atoms with Crippen LogP contribution in [0.3, 0.4) is 0 Å². The van der Waals surface area contributed by atoms with Crippen LogP contribution < -0.4 is 10.1 Å². The fraction of sp³-hybridized carbons (Fsp3) is 0.450. The summed E-state index contributed by atoms with van der Waals surface area (Å²) in [5, 5.41) is 7.58. The van der Waals surface area contributed by atoms with Gasteiger partial charge in [-0.2, -0.15) is 5.10 Å². The number of para-hydroxylation sites is 1. The summed E-state index contributed by atoms with van der Waals surface area (Å²) in [6.45, 7) is 2.81. The fourth-order valence-corrected chi connectivity index (χ4v) is 3.88. The predicted octanol–water partition coefficient (Wildman–Crippen LogP) is 2.04. The molecule has 4 rings (SSSR count). The summed E-state index contributed by atoms with van der Waals surface area (Å²) >= 11 is 0. The van der Waals surface area contributed by atoms with Crippen molar-refractivity contribution < 1.29 is 14.3 Å². The minimum absolute atomic E-state index is 0.00546. The van der Waals surface area contributed by atoms with Crippen LogP contribution in [-0.2, 0) is 6.54 Å². The second-order valence-electron chi connectivity index (χ2n) is 7.05. The molecule has 0 radical (unpaired) electrons. The Labute approximate surface area is 158 Å². The highest BCUT2D eigenvalue weighted by Gasteiger charge is 2.29. The van der Waals surface area contributed by atoms with Crippen molar-refractivity contribution in [3.05, 3.63) is 47.3 Å². The lowest BCUT2D eigenvalue weighted by atomic mass is 9.93. The lowest BCUT2D eigenvalue weighted by Crippen LogP contribution is -2.38. The highest BCUT2D eigenvalue weighted by atomic mass is 16.5. The van der Waals surface area contributed by atoms with Gasteiger partial charge in [-0.1, -0.05) is 12.1 Å². The number of fused-ring (bicyclic) bond motifs is 1. The number of piperidine rings is 1. The molecule has 0 bridgehead atoms. The van der Waals surface area contributed by atoms with Crippen LogP contribution in [0.1, 0.15) is 51.7 Å². The molecule has 0 saturated carbocycles. The number of amides is 2. The molecular formula is C20H24N4O3. The number of hydrogen-bond acceptors (Lipinski definition) is 4. The first kappa shape index (κ1) is 17.6. The smallest absolute Gasteiger partial charge is 0.269 e. The van der Waals surface area contributed by atoms with Gasteiger partial charge in [0.1, 0.15) is 11.4 Å². The molecule has 2 amide bonds. The van der Waals surface area contributed by atoms with Crippen molar-refractivity contribution in [3.8, 4) is 5.75 Å². The van der Waals surface area contributed by atoms with Crippen LogP contribution in [0.25, 0.3) is 0 Å². The summed E-state index contributed by atoms with van der Waals surface area (Å²) < 4.78 is 7.14. The molecule has 3 heterocycles. The van der Waals surface area contributed by atoms with Crippen LogP contribution in [0, 0.1) is 0 Å². The van der Waals surface area contributed by atoms with Crippen molar-refractivity contribution in [2.24, 2.45) is 0 Å². The van der Waals surface area contributed by atoms with Crippen molar-refractivity contribution in [1.82, 2.24) is 20.0 Å². The van der Waals surface area contributed by atoms with E-state index in [-0.39, 0.29) is 17.7 Å². The Morgan fingerprint density at radius 1 is 1.22 bits per heavy atom. The number of carbonyl (C=O) groups is 2. The zero-order chi connectivity index (χ0) is 18.8. The largest absolute Gasteiger partial charge is 0.496 e. The van der Waals surface area contributed by atoms with E-state index in [4.69, 9.17) is 4.74 Å². The van der Waals surface area contributed by atoms with Gasteiger partial charge in [-0.05, 0) is 37.5 Å². The van der Waals surface area contributed by atoms with Crippen LogP contribution in [0.5, 0.6) is 5.75 Å². The van der Waals surface area contributed by atoms with Gasteiger partial charge in [0.2, 0.25) is 0 Å². The van der Waals surface area contributed by atoms with E-state index in [9.17, 15) is 9.59 Å². The van der Waals surface area contributed by atoms with Gasteiger partial charge < -0.3 is 15.0 Å². The van der Waals surface area contributed by atoms with Crippen LogP contribution >= 0.6 is 0 Å². The van der Waals surface area contributed by atoms with Crippen LogP contribution in [0.2, 0.25) is 0 Å². The number of likely N-dealkylation sites (tertiary alicyclic amines) is 1. The quantitative estimate of drug-likeness (QED) is 0.900. The monoisotopic (exact) mass is 368 g/mol. The minimum atomic E-state index is -0.0463. The fourth-order valence-electron chi connectivity index (χ4n) is 3.88. The predicted molar refractivity (Wildman–Crippen MR) is 100 cm³/mol. The standard InChI is InChI=1S/C20H24N4O3/c1-27-18-6-3-2-5-15(18)20(26)23-11-7-14(8-12-23)16-13-17-19(25)21-9-4-10-24(17)22-16/h2-3,5-6,13-14H,4,7-12H2,1H3,(H,21,25). The van der Waals surface area contributed by atoms with Crippen molar-refractivity contribution in [1.29, 1.82) is 0 Å². The highest BCUT2D eigenvalue weighted by molar-refractivity contribution is 5.97. The number of aromatic nitrogens is 2. The van der Waals surface area contributed by atoms with E-state index >= 15 is 0 Å². The molecule has 27 heavy (non-hydrogen) atoms. The topological polar surface area (TPSA) is 76.5 Å². The van der Waals surface area contributed by atoms with Gasteiger partial charge in [0, 0.05) is 32.1 Å². The highest BCUT2D eigenvalue weighted by Crippen LogP contribution is 2.30. The number of ether oxygens (including phenoxy) is 1. The van der Waals surface area contributed by atoms with Gasteiger partial charge in [-0.3, -0.25) is 14.3 Å². The third-order valence-corrected chi connectivity index (χ3v) is 5.40. The number of carbonyl (C=O) groups excluding carboxylic acids is 2. The maximum atomic E-state index is 12.8. The van der Waals surface area contributed by atoms with E-state index in [0.29, 0.717) is 36.6 Å². The third-order valence-electron chi connectivity index (χ3n) is 5.40. The van der Waals surface area contributed by atoms with Gasteiger partial charge in [-0.15, -0.1) is 0 Å². The Morgan fingerprint density at radius 3 is 2.78 bits per heavy atom. The second-order valence-corrected chi connectivity index (χ2v) is 7.05. The molecule has 2 aliphatic rings. The summed E-state index contributed by atoms with van der Waals surface area (Å²) in [4.78, 5) is 26.8. The molecule has 7 nitrogen and oxygen atoms in total. The van der Waals surface area contributed by atoms with Crippen molar-refractivity contribution in [2.45, 2.75) is 31.7 Å².